The number of nitrogens with one attached hydrogen (secondary N) is 2. The van der Waals surface area contributed by atoms with E-state index < -0.39 is 23.8 Å². The van der Waals surface area contributed by atoms with Crippen LogP contribution in [0.5, 0.6) is 0 Å². The van der Waals surface area contributed by atoms with E-state index in [1.54, 1.807) is 36.1 Å². The molecule has 1 unspecified atom stereocenters. The number of hydrogen-bond acceptors (Lipinski definition) is 5. The molecule has 0 saturated carbocycles. The lowest BCUT2D eigenvalue weighted by Crippen LogP contribution is -2.44. The molecule has 8 heteroatoms. The maximum atomic E-state index is 12.1. The third kappa shape index (κ3) is 5.05. The lowest BCUT2D eigenvalue weighted by Gasteiger charge is -2.16. The van der Waals surface area contributed by atoms with Crippen molar-refractivity contribution in [3.8, 4) is 0 Å². The summed E-state index contributed by atoms with van der Waals surface area (Å²) >= 11 is 0. The molecule has 1 aromatic rings. The second-order valence-corrected chi connectivity index (χ2v) is 5.92. The molecule has 1 saturated heterocycles. The lowest BCUT2D eigenvalue weighted by molar-refractivity contribution is -0.146. The van der Waals surface area contributed by atoms with E-state index in [2.05, 4.69) is 10.6 Å². The van der Waals surface area contributed by atoms with E-state index in [0.29, 0.717) is 18.5 Å². The Morgan fingerprint density at radius 2 is 1.92 bits per heavy atom. The van der Waals surface area contributed by atoms with Crippen molar-refractivity contribution >= 4 is 29.4 Å². The molecular formula is C18H23N3O5. The number of ether oxygens (including phenoxy) is 1. The molecule has 0 aliphatic carbocycles. The average Bonchev–Trinajstić information content (AvgIpc) is 3.06. The molecule has 26 heavy (non-hydrogen) atoms. The van der Waals surface area contributed by atoms with Gasteiger partial charge in [0.05, 0.1) is 13.2 Å². The fourth-order valence-electron chi connectivity index (χ4n) is 2.60. The quantitative estimate of drug-likeness (QED) is 0.693. The molecule has 8 nitrogen and oxygen atoms in total. The first-order chi connectivity index (χ1) is 12.4. The van der Waals surface area contributed by atoms with Gasteiger partial charge in [-0.1, -0.05) is 0 Å². The van der Waals surface area contributed by atoms with Crippen LogP contribution in [-0.4, -0.2) is 49.4 Å². The van der Waals surface area contributed by atoms with Crippen LogP contribution < -0.4 is 15.5 Å². The summed E-state index contributed by atoms with van der Waals surface area (Å²) in [6.45, 7) is 3.85. The maximum Gasteiger partial charge on any atom is 0.328 e. The van der Waals surface area contributed by atoms with Crippen molar-refractivity contribution in [1.82, 2.24) is 10.6 Å². The Bertz CT molecular complexity index is 687. The van der Waals surface area contributed by atoms with Crippen molar-refractivity contribution in [2.75, 3.05) is 24.6 Å². The normalized spacial score (nSPS) is 14.7. The highest BCUT2D eigenvalue weighted by Crippen LogP contribution is 2.21. The molecule has 2 rings (SSSR count). The molecule has 0 bridgehead atoms. The molecule has 1 heterocycles. The zero-order valence-corrected chi connectivity index (χ0v) is 14.9. The Morgan fingerprint density at radius 1 is 1.23 bits per heavy atom. The van der Waals surface area contributed by atoms with E-state index >= 15 is 0 Å². The van der Waals surface area contributed by atoms with Gasteiger partial charge in [0.2, 0.25) is 11.8 Å². The SMILES string of the molecule is CCOC(=O)C(C)NC(=O)CNC(=O)c1ccc(N2CCCC2=O)cc1. The standard InChI is InChI=1S/C18H23N3O5/c1-3-26-18(25)12(2)20-15(22)11-19-17(24)13-6-8-14(9-7-13)21-10-4-5-16(21)23/h6-9,12H,3-5,10-11H2,1-2H3,(H,19,24)(H,20,22). The number of nitrogens with zero attached hydrogens (tertiary/aromatic N) is 1. The van der Waals surface area contributed by atoms with Gasteiger partial charge in [-0.15, -0.1) is 0 Å². The van der Waals surface area contributed by atoms with Crippen molar-refractivity contribution in [2.45, 2.75) is 32.7 Å². The van der Waals surface area contributed by atoms with E-state index in [1.807, 2.05) is 0 Å². The topological polar surface area (TPSA) is 105 Å². The summed E-state index contributed by atoms with van der Waals surface area (Å²) in [7, 11) is 0. The van der Waals surface area contributed by atoms with Crippen molar-refractivity contribution < 1.29 is 23.9 Å². The predicted molar refractivity (Wildman–Crippen MR) is 94.6 cm³/mol. The highest BCUT2D eigenvalue weighted by atomic mass is 16.5. The van der Waals surface area contributed by atoms with Gasteiger partial charge in [0.1, 0.15) is 6.04 Å². The number of amides is 3. The summed E-state index contributed by atoms with van der Waals surface area (Å²) in [5, 5.41) is 4.94. The minimum Gasteiger partial charge on any atom is -0.464 e. The summed E-state index contributed by atoms with van der Waals surface area (Å²) in [4.78, 5) is 48.7. The van der Waals surface area contributed by atoms with E-state index in [0.717, 1.165) is 12.1 Å². The molecule has 1 aliphatic rings. The monoisotopic (exact) mass is 361 g/mol. The van der Waals surface area contributed by atoms with Crippen LogP contribution in [0.1, 0.15) is 37.0 Å². The molecule has 0 radical (unpaired) electrons. The summed E-state index contributed by atoms with van der Waals surface area (Å²) < 4.78 is 4.79. The fourth-order valence-corrected chi connectivity index (χ4v) is 2.60. The number of benzene rings is 1. The molecule has 1 aliphatic heterocycles. The van der Waals surface area contributed by atoms with Crippen LogP contribution in [0.4, 0.5) is 5.69 Å². The molecule has 1 fully saturated rings. The van der Waals surface area contributed by atoms with Crippen LogP contribution in [-0.2, 0) is 19.1 Å². The molecule has 0 aromatic heterocycles. The summed E-state index contributed by atoms with van der Waals surface area (Å²) in [5.41, 5.74) is 1.14. The largest absolute Gasteiger partial charge is 0.464 e. The van der Waals surface area contributed by atoms with Gasteiger partial charge in [-0.25, -0.2) is 4.79 Å². The second kappa shape index (κ2) is 8.98. The summed E-state index contributed by atoms with van der Waals surface area (Å²) in [6, 6.07) is 5.85. The fraction of sp³-hybridized carbons (Fsp3) is 0.444. The molecule has 3 amide bonds. The Balaban J connectivity index is 1.83. The van der Waals surface area contributed by atoms with Crippen molar-refractivity contribution in [2.24, 2.45) is 0 Å². The summed E-state index contributed by atoms with van der Waals surface area (Å²) in [5.74, 6) is -1.35. The van der Waals surface area contributed by atoms with Crippen LogP contribution in [0.15, 0.2) is 24.3 Å². The van der Waals surface area contributed by atoms with Crippen LogP contribution >= 0.6 is 0 Å². The van der Waals surface area contributed by atoms with Crippen molar-refractivity contribution in [3.63, 3.8) is 0 Å². The third-order valence-electron chi connectivity index (χ3n) is 3.94. The number of esters is 1. The van der Waals surface area contributed by atoms with Crippen LogP contribution in [0, 0.1) is 0 Å². The van der Waals surface area contributed by atoms with Crippen LogP contribution in [0.3, 0.4) is 0 Å². The summed E-state index contributed by atoms with van der Waals surface area (Å²) in [6.07, 6.45) is 1.38. The number of carbonyl (C=O) groups is 4. The van der Waals surface area contributed by atoms with Crippen molar-refractivity contribution in [3.05, 3.63) is 29.8 Å². The Labute approximate surface area is 151 Å². The molecule has 0 spiro atoms. The third-order valence-corrected chi connectivity index (χ3v) is 3.94. The lowest BCUT2D eigenvalue weighted by atomic mass is 10.2. The number of anilines is 1. The van der Waals surface area contributed by atoms with Gasteiger partial charge in [0, 0.05) is 24.2 Å². The van der Waals surface area contributed by atoms with Gasteiger partial charge >= 0.3 is 5.97 Å². The van der Waals surface area contributed by atoms with Gasteiger partial charge in [0.15, 0.2) is 0 Å². The Kier molecular flexibility index (Phi) is 6.71. The Hall–Kier alpha value is -2.90. The maximum absolute atomic E-state index is 12.1. The van der Waals surface area contributed by atoms with Crippen LogP contribution in [0.25, 0.3) is 0 Å². The van der Waals surface area contributed by atoms with Gasteiger partial charge in [-0.2, -0.15) is 0 Å². The highest BCUT2D eigenvalue weighted by molar-refractivity contribution is 5.98. The molecule has 2 N–H and O–H groups in total. The molecular weight excluding hydrogens is 338 g/mol. The molecule has 140 valence electrons. The number of carbonyl (C=O) groups excluding carboxylic acids is 4. The van der Waals surface area contributed by atoms with E-state index in [1.165, 1.54) is 6.92 Å². The minimum atomic E-state index is -0.781. The smallest absolute Gasteiger partial charge is 0.328 e. The highest BCUT2D eigenvalue weighted by Gasteiger charge is 2.22. The minimum absolute atomic E-state index is 0.0783. The average molecular weight is 361 g/mol. The first kappa shape index (κ1) is 19.4. The first-order valence-corrected chi connectivity index (χ1v) is 8.57. The van der Waals surface area contributed by atoms with Gasteiger partial charge in [-0.05, 0) is 44.5 Å². The zero-order chi connectivity index (χ0) is 19.1. The first-order valence-electron chi connectivity index (χ1n) is 8.57. The van der Waals surface area contributed by atoms with E-state index in [9.17, 15) is 19.2 Å². The van der Waals surface area contributed by atoms with Crippen LogP contribution in [0.2, 0.25) is 0 Å². The molecule has 1 aromatic carbocycles. The zero-order valence-electron chi connectivity index (χ0n) is 14.9. The van der Waals surface area contributed by atoms with E-state index in [4.69, 9.17) is 4.74 Å². The van der Waals surface area contributed by atoms with Gasteiger partial charge in [0.25, 0.3) is 5.91 Å². The van der Waals surface area contributed by atoms with Gasteiger partial charge < -0.3 is 20.3 Å². The number of rotatable bonds is 7. The van der Waals surface area contributed by atoms with E-state index in [-0.39, 0.29) is 19.1 Å². The number of hydrogen-bond donors (Lipinski definition) is 2. The Morgan fingerprint density at radius 3 is 2.50 bits per heavy atom. The van der Waals surface area contributed by atoms with Crippen molar-refractivity contribution in [1.29, 1.82) is 0 Å². The molecule has 1 atom stereocenters. The predicted octanol–water partition coefficient (Wildman–Crippen LogP) is 0.611. The van der Waals surface area contributed by atoms with Gasteiger partial charge in [-0.3, -0.25) is 14.4 Å². The second-order valence-electron chi connectivity index (χ2n) is 5.92.